The Bertz CT molecular complexity index is 1400. The molecule has 4 heterocycles. The van der Waals surface area contributed by atoms with Gasteiger partial charge in [0.15, 0.2) is 5.78 Å². The highest BCUT2D eigenvalue weighted by Crippen LogP contribution is 2.40. The van der Waals surface area contributed by atoms with E-state index in [0.29, 0.717) is 25.1 Å². The lowest BCUT2D eigenvalue weighted by atomic mass is 9.87. The van der Waals surface area contributed by atoms with Gasteiger partial charge in [-0.1, -0.05) is 29.8 Å². The zero-order valence-corrected chi connectivity index (χ0v) is 18.2. The van der Waals surface area contributed by atoms with Crippen LogP contribution in [0.1, 0.15) is 49.6 Å². The highest BCUT2D eigenvalue weighted by atomic mass is 32.1. The minimum Gasteiger partial charge on any atom is -0.360 e. The third kappa shape index (κ3) is 3.02. The Morgan fingerprint density at radius 2 is 1.88 bits per heavy atom. The molecule has 1 fully saturated rings. The van der Waals surface area contributed by atoms with Crippen LogP contribution in [0.25, 0.3) is 16.5 Å². The molecule has 0 radical (unpaired) electrons. The molecule has 6 rings (SSSR count). The third-order valence-electron chi connectivity index (χ3n) is 6.53. The number of fused-ring (bicyclic) bond motifs is 3. The topological polar surface area (TPSA) is 66.1 Å². The number of H-pyrrole nitrogens is 1. The molecule has 0 spiro atoms. The minimum atomic E-state index is 0.0160. The number of hydrogen-bond donors (Lipinski definition) is 1. The van der Waals surface area contributed by atoms with Crippen LogP contribution in [-0.2, 0) is 6.42 Å². The molecule has 158 valence electrons. The first-order valence-electron chi connectivity index (χ1n) is 10.8. The summed E-state index contributed by atoms with van der Waals surface area (Å²) in [5, 5.41) is 2.96. The van der Waals surface area contributed by atoms with Crippen LogP contribution in [0.3, 0.4) is 0 Å². The number of likely N-dealkylation sites (tertiary alicyclic amines) is 1. The van der Waals surface area contributed by atoms with E-state index in [1.807, 2.05) is 34.7 Å². The molecule has 0 bridgehead atoms. The van der Waals surface area contributed by atoms with E-state index in [0.717, 1.165) is 45.3 Å². The van der Waals surface area contributed by atoms with Crippen LogP contribution in [0.2, 0.25) is 0 Å². The van der Waals surface area contributed by atoms with Gasteiger partial charge in [-0.15, -0.1) is 11.3 Å². The van der Waals surface area contributed by atoms with Crippen molar-refractivity contribution in [2.24, 2.45) is 0 Å². The maximum Gasteiger partial charge on any atom is 0.257 e. The van der Waals surface area contributed by atoms with E-state index in [9.17, 15) is 9.59 Å². The average molecular weight is 440 g/mol. The second-order valence-corrected chi connectivity index (χ2v) is 9.24. The fourth-order valence-corrected chi connectivity index (χ4v) is 5.80. The van der Waals surface area contributed by atoms with Crippen molar-refractivity contribution < 1.29 is 9.59 Å². The van der Waals surface area contributed by atoms with Crippen LogP contribution in [-0.4, -0.2) is 39.6 Å². The van der Waals surface area contributed by atoms with Crippen molar-refractivity contribution in [3.05, 3.63) is 93.1 Å². The Kier molecular flexibility index (Phi) is 4.54. The number of piperidine rings is 1. The molecular weight excluding hydrogens is 418 g/mol. The van der Waals surface area contributed by atoms with Gasteiger partial charge in [-0.3, -0.25) is 14.6 Å². The number of aromatic amines is 1. The van der Waals surface area contributed by atoms with Gasteiger partial charge in [0.1, 0.15) is 0 Å². The lowest BCUT2D eigenvalue weighted by Gasteiger charge is -2.30. The molecule has 2 aliphatic rings. The minimum absolute atomic E-state index is 0.0160. The third-order valence-corrected chi connectivity index (χ3v) is 7.48. The summed E-state index contributed by atoms with van der Waals surface area (Å²) in [5.74, 6) is 0.208. The predicted molar refractivity (Wildman–Crippen MR) is 126 cm³/mol. The smallest absolute Gasteiger partial charge is 0.257 e. The van der Waals surface area contributed by atoms with Crippen LogP contribution in [0.5, 0.6) is 0 Å². The highest BCUT2D eigenvalue weighted by Gasteiger charge is 2.29. The molecule has 0 atom stereocenters. The number of Topliss-reactive ketones (excluding diaryl/α,β-unsaturated/α-hetero) is 1. The van der Waals surface area contributed by atoms with Gasteiger partial charge in [-0.25, -0.2) is 0 Å². The summed E-state index contributed by atoms with van der Waals surface area (Å²) in [6.07, 6.45) is 7.30. The Morgan fingerprint density at radius 3 is 2.75 bits per heavy atom. The summed E-state index contributed by atoms with van der Waals surface area (Å²) in [6.45, 7) is 1.31. The van der Waals surface area contributed by atoms with Crippen molar-refractivity contribution in [2.45, 2.75) is 19.3 Å². The average Bonchev–Trinajstić information content (AvgIpc) is 3.48. The van der Waals surface area contributed by atoms with E-state index in [4.69, 9.17) is 0 Å². The molecule has 1 aliphatic heterocycles. The fourth-order valence-electron chi connectivity index (χ4n) is 4.96. The van der Waals surface area contributed by atoms with Crippen molar-refractivity contribution in [1.82, 2.24) is 14.9 Å². The van der Waals surface area contributed by atoms with Crippen molar-refractivity contribution in [3.8, 4) is 0 Å². The van der Waals surface area contributed by atoms with Gasteiger partial charge in [0.2, 0.25) is 0 Å². The molecule has 1 saturated heterocycles. The largest absolute Gasteiger partial charge is 0.360 e. The Morgan fingerprint density at radius 1 is 1.03 bits per heavy atom. The summed E-state index contributed by atoms with van der Waals surface area (Å²) in [6, 6.07) is 12.3. The lowest BCUT2D eigenvalue weighted by molar-refractivity contribution is 0.0745. The normalized spacial score (nSPS) is 16.1. The molecule has 1 aromatic carbocycles. The van der Waals surface area contributed by atoms with Gasteiger partial charge >= 0.3 is 0 Å². The van der Waals surface area contributed by atoms with Gasteiger partial charge in [-0.05, 0) is 47.1 Å². The summed E-state index contributed by atoms with van der Waals surface area (Å²) >= 11 is 1.53. The van der Waals surface area contributed by atoms with Gasteiger partial charge in [0.05, 0.1) is 16.0 Å². The lowest BCUT2D eigenvalue weighted by Crippen LogP contribution is -2.36. The second kappa shape index (κ2) is 7.57. The summed E-state index contributed by atoms with van der Waals surface area (Å²) in [7, 11) is 0. The molecule has 32 heavy (non-hydrogen) atoms. The van der Waals surface area contributed by atoms with Crippen molar-refractivity contribution in [1.29, 1.82) is 0 Å². The summed E-state index contributed by atoms with van der Waals surface area (Å²) in [5.41, 5.74) is 7.29. The SMILES string of the molecule is O=C1Cc2ccccc2C(=C2CCN(C(=O)c3cncc4cc[nH]c34)CC2)c2ccsc21. The van der Waals surface area contributed by atoms with E-state index >= 15 is 0 Å². The number of aromatic nitrogens is 2. The van der Waals surface area contributed by atoms with E-state index in [2.05, 4.69) is 28.2 Å². The van der Waals surface area contributed by atoms with Crippen molar-refractivity contribution >= 4 is 39.5 Å². The first-order chi connectivity index (χ1) is 15.7. The van der Waals surface area contributed by atoms with Crippen molar-refractivity contribution in [2.75, 3.05) is 13.1 Å². The first-order valence-corrected chi connectivity index (χ1v) is 11.7. The molecule has 1 aliphatic carbocycles. The number of rotatable bonds is 1. The molecule has 1 N–H and O–H groups in total. The highest BCUT2D eigenvalue weighted by molar-refractivity contribution is 7.12. The summed E-state index contributed by atoms with van der Waals surface area (Å²) < 4.78 is 0. The Balaban J connectivity index is 1.35. The maximum atomic E-state index is 13.3. The predicted octanol–water partition coefficient (Wildman–Crippen LogP) is 5.10. The van der Waals surface area contributed by atoms with Gasteiger partial charge < -0.3 is 9.88 Å². The standard InChI is InChI=1S/C26H21N3O2S/c30-22-13-17-3-1-2-4-19(17)23(20-8-12-32-25(20)22)16-6-10-29(11-7-16)26(31)21-15-27-14-18-5-9-28-24(18)21/h1-5,8-9,12,14-15,28H,6-7,10-11,13H2. The molecular formula is C26H21N3O2S. The molecule has 0 unspecified atom stereocenters. The number of amides is 1. The van der Waals surface area contributed by atoms with Crippen LogP contribution in [0, 0.1) is 0 Å². The number of thiophene rings is 1. The quantitative estimate of drug-likeness (QED) is 0.449. The van der Waals surface area contributed by atoms with Crippen LogP contribution >= 0.6 is 11.3 Å². The van der Waals surface area contributed by atoms with Crippen LogP contribution in [0.15, 0.2) is 65.9 Å². The first kappa shape index (κ1) is 19.2. The molecule has 4 aromatic rings. The number of pyridine rings is 1. The Labute approximate surface area is 189 Å². The van der Waals surface area contributed by atoms with Gasteiger partial charge in [0.25, 0.3) is 5.91 Å². The molecule has 3 aromatic heterocycles. The number of nitrogens with zero attached hydrogens (tertiary/aromatic N) is 2. The zero-order valence-electron chi connectivity index (χ0n) is 17.4. The van der Waals surface area contributed by atoms with E-state index in [1.54, 1.807) is 12.4 Å². The fraction of sp³-hybridized carbons (Fsp3) is 0.192. The van der Waals surface area contributed by atoms with Gasteiger partial charge in [-0.2, -0.15) is 0 Å². The molecule has 0 saturated carbocycles. The number of hydrogen-bond acceptors (Lipinski definition) is 4. The monoisotopic (exact) mass is 439 g/mol. The van der Waals surface area contributed by atoms with Crippen molar-refractivity contribution in [3.63, 3.8) is 0 Å². The van der Waals surface area contributed by atoms with E-state index < -0.39 is 0 Å². The maximum absolute atomic E-state index is 13.3. The van der Waals surface area contributed by atoms with E-state index in [-0.39, 0.29) is 11.7 Å². The second-order valence-electron chi connectivity index (χ2n) is 8.32. The molecule has 1 amide bonds. The number of nitrogens with one attached hydrogen (secondary N) is 1. The number of benzene rings is 1. The van der Waals surface area contributed by atoms with Gasteiger partial charge in [0, 0.05) is 49.1 Å². The number of carbonyl (C=O) groups excluding carboxylic acids is 2. The molecule has 6 heteroatoms. The Hall–Kier alpha value is -3.51. The van der Waals surface area contributed by atoms with Crippen LogP contribution < -0.4 is 0 Å². The molecule has 5 nitrogen and oxygen atoms in total. The van der Waals surface area contributed by atoms with Crippen LogP contribution in [0.4, 0.5) is 0 Å². The summed E-state index contributed by atoms with van der Waals surface area (Å²) in [4.78, 5) is 36.3. The zero-order chi connectivity index (χ0) is 21.7. The number of carbonyl (C=O) groups is 2. The number of ketones is 1. The van der Waals surface area contributed by atoms with E-state index in [1.165, 1.54) is 22.5 Å².